The van der Waals surface area contributed by atoms with Crippen LogP contribution in [0.3, 0.4) is 0 Å². The number of Topliss-reactive ketones (excluding diaryl/α,β-unsaturated/α-hetero) is 1. The Hall–Kier alpha value is -2.09. The largest absolute Gasteiger partial charge is 0.456 e. The van der Waals surface area contributed by atoms with Gasteiger partial charge in [0.1, 0.15) is 11.5 Å². The lowest BCUT2D eigenvalue weighted by molar-refractivity contribution is 0.0993. The number of hydrogen-bond donors (Lipinski definition) is 0. The van der Waals surface area contributed by atoms with Gasteiger partial charge in [-0.05, 0) is 30.7 Å². The lowest BCUT2D eigenvalue weighted by Crippen LogP contribution is -2.01. The second-order valence-electron chi connectivity index (χ2n) is 4.31. The van der Waals surface area contributed by atoms with Gasteiger partial charge in [-0.15, -0.1) is 0 Å². The molecule has 1 heterocycles. The van der Waals surface area contributed by atoms with Crippen LogP contribution in [0.25, 0.3) is 0 Å². The van der Waals surface area contributed by atoms with Crippen LogP contribution in [0.15, 0.2) is 42.5 Å². The Kier molecular flexibility index (Phi) is 2.22. The van der Waals surface area contributed by atoms with Gasteiger partial charge >= 0.3 is 0 Å². The smallest absolute Gasteiger partial charge is 0.171 e. The number of rotatable bonds is 0. The third kappa shape index (κ3) is 1.72. The molecule has 0 saturated carbocycles. The van der Waals surface area contributed by atoms with Crippen molar-refractivity contribution in [3.63, 3.8) is 0 Å². The van der Waals surface area contributed by atoms with Gasteiger partial charge in [0.05, 0.1) is 5.56 Å². The van der Waals surface area contributed by atoms with Crippen molar-refractivity contribution >= 4 is 5.78 Å². The quantitative estimate of drug-likeness (QED) is 0.684. The van der Waals surface area contributed by atoms with E-state index in [1.807, 2.05) is 49.4 Å². The monoisotopic (exact) mass is 224 g/mol. The van der Waals surface area contributed by atoms with Gasteiger partial charge in [-0.3, -0.25) is 4.79 Å². The van der Waals surface area contributed by atoms with E-state index in [1.165, 1.54) is 0 Å². The number of benzene rings is 2. The summed E-state index contributed by atoms with van der Waals surface area (Å²) in [5, 5.41) is 0. The number of carbonyl (C=O) groups excluding carboxylic acids is 1. The average molecular weight is 224 g/mol. The molecule has 0 aliphatic carbocycles. The van der Waals surface area contributed by atoms with E-state index in [-0.39, 0.29) is 5.78 Å². The summed E-state index contributed by atoms with van der Waals surface area (Å²) in [7, 11) is 0. The summed E-state index contributed by atoms with van der Waals surface area (Å²) in [6, 6.07) is 13.4. The Morgan fingerprint density at radius 1 is 1.06 bits per heavy atom. The van der Waals surface area contributed by atoms with Gasteiger partial charge in [-0.25, -0.2) is 0 Å². The molecule has 3 rings (SSSR count). The standard InChI is InChI=1S/C15H12O2/c1-10-6-7-12-13(16)9-11-4-2-3-5-14(11)17-15(12)8-10/h2-8H,9H2,1H3. The first kappa shape index (κ1) is 10.1. The first-order valence-corrected chi connectivity index (χ1v) is 5.63. The lowest BCUT2D eigenvalue weighted by atomic mass is 10.0. The Balaban J connectivity index is 2.18. The Labute approximate surface area is 99.9 Å². The minimum atomic E-state index is 0.116. The number of fused-ring (bicyclic) bond motifs is 2. The number of para-hydroxylation sites is 1. The summed E-state index contributed by atoms with van der Waals surface area (Å²) < 4.78 is 5.83. The molecular formula is C15H12O2. The zero-order valence-electron chi connectivity index (χ0n) is 9.57. The molecule has 84 valence electrons. The molecule has 2 aromatic rings. The number of ether oxygens (including phenoxy) is 1. The topological polar surface area (TPSA) is 26.3 Å². The SMILES string of the molecule is Cc1ccc2c(c1)Oc1ccccc1CC2=O. The minimum Gasteiger partial charge on any atom is -0.456 e. The van der Waals surface area contributed by atoms with Gasteiger partial charge in [0, 0.05) is 12.0 Å². The molecule has 0 unspecified atom stereocenters. The van der Waals surface area contributed by atoms with E-state index in [2.05, 4.69) is 0 Å². The lowest BCUT2D eigenvalue weighted by Gasteiger charge is -2.08. The predicted octanol–water partition coefficient (Wildman–Crippen LogP) is 3.53. The molecule has 0 N–H and O–H groups in total. The third-order valence-electron chi connectivity index (χ3n) is 2.98. The highest BCUT2D eigenvalue weighted by Gasteiger charge is 2.20. The van der Waals surface area contributed by atoms with Crippen molar-refractivity contribution in [2.75, 3.05) is 0 Å². The van der Waals surface area contributed by atoms with Crippen molar-refractivity contribution in [3.05, 3.63) is 59.2 Å². The van der Waals surface area contributed by atoms with Gasteiger partial charge in [-0.1, -0.05) is 24.3 Å². The van der Waals surface area contributed by atoms with Crippen molar-refractivity contribution in [3.8, 4) is 11.5 Å². The number of aryl methyl sites for hydroxylation is 1. The van der Waals surface area contributed by atoms with Gasteiger partial charge in [0.15, 0.2) is 5.78 Å². The van der Waals surface area contributed by atoms with Crippen LogP contribution >= 0.6 is 0 Å². The molecule has 17 heavy (non-hydrogen) atoms. The summed E-state index contributed by atoms with van der Waals surface area (Å²) >= 11 is 0. The highest BCUT2D eigenvalue weighted by molar-refractivity contribution is 6.01. The fraction of sp³-hybridized carbons (Fsp3) is 0.133. The van der Waals surface area contributed by atoms with Crippen LogP contribution in [0.5, 0.6) is 11.5 Å². The molecule has 0 atom stereocenters. The van der Waals surface area contributed by atoms with E-state index in [0.29, 0.717) is 17.7 Å². The van der Waals surface area contributed by atoms with Crippen LogP contribution in [0, 0.1) is 6.92 Å². The van der Waals surface area contributed by atoms with Crippen LogP contribution in [0.2, 0.25) is 0 Å². The maximum absolute atomic E-state index is 12.1. The predicted molar refractivity (Wildman–Crippen MR) is 65.7 cm³/mol. The maximum Gasteiger partial charge on any atom is 0.171 e. The summed E-state index contributed by atoms with van der Waals surface area (Å²) in [5.41, 5.74) is 2.72. The fourth-order valence-corrected chi connectivity index (χ4v) is 2.08. The Morgan fingerprint density at radius 2 is 1.88 bits per heavy atom. The third-order valence-corrected chi connectivity index (χ3v) is 2.98. The zero-order valence-corrected chi connectivity index (χ0v) is 9.57. The van der Waals surface area contributed by atoms with Crippen molar-refractivity contribution in [1.82, 2.24) is 0 Å². The van der Waals surface area contributed by atoms with Gasteiger partial charge < -0.3 is 4.74 Å². The summed E-state index contributed by atoms with van der Waals surface area (Å²) in [5.74, 6) is 1.56. The first-order chi connectivity index (χ1) is 8.24. The molecule has 1 aliphatic rings. The summed E-state index contributed by atoms with van der Waals surface area (Å²) in [4.78, 5) is 12.1. The first-order valence-electron chi connectivity index (χ1n) is 5.63. The molecule has 0 fully saturated rings. The summed E-state index contributed by atoms with van der Waals surface area (Å²) in [6.45, 7) is 1.99. The molecule has 0 aromatic heterocycles. The van der Waals surface area contributed by atoms with Gasteiger partial charge in [0.25, 0.3) is 0 Å². The van der Waals surface area contributed by atoms with E-state index < -0.39 is 0 Å². The van der Waals surface area contributed by atoms with E-state index >= 15 is 0 Å². The number of hydrogen-bond acceptors (Lipinski definition) is 2. The van der Waals surface area contributed by atoms with Crippen molar-refractivity contribution < 1.29 is 9.53 Å². The van der Waals surface area contributed by atoms with E-state index in [0.717, 1.165) is 16.9 Å². The van der Waals surface area contributed by atoms with E-state index in [9.17, 15) is 4.79 Å². The fourth-order valence-electron chi connectivity index (χ4n) is 2.08. The Morgan fingerprint density at radius 3 is 2.76 bits per heavy atom. The van der Waals surface area contributed by atoms with E-state index in [1.54, 1.807) is 0 Å². The maximum atomic E-state index is 12.1. The van der Waals surface area contributed by atoms with Gasteiger partial charge in [0.2, 0.25) is 0 Å². The molecule has 0 saturated heterocycles. The van der Waals surface area contributed by atoms with Crippen molar-refractivity contribution in [2.24, 2.45) is 0 Å². The highest BCUT2D eigenvalue weighted by Crippen LogP contribution is 2.33. The second-order valence-corrected chi connectivity index (χ2v) is 4.31. The van der Waals surface area contributed by atoms with Crippen LogP contribution in [-0.4, -0.2) is 5.78 Å². The molecule has 0 radical (unpaired) electrons. The molecule has 2 aromatic carbocycles. The minimum absolute atomic E-state index is 0.116. The summed E-state index contributed by atoms with van der Waals surface area (Å²) in [6.07, 6.45) is 0.409. The van der Waals surface area contributed by atoms with Crippen LogP contribution in [0.1, 0.15) is 21.5 Å². The normalized spacial score (nSPS) is 13.4. The highest BCUT2D eigenvalue weighted by atomic mass is 16.5. The molecule has 1 aliphatic heterocycles. The average Bonchev–Trinajstić information content (AvgIpc) is 2.44. The number of carbonyl (C=O) groups is 1. The van der Waals surface area contributed by atoms with Crippen LogP contribution < -0.4 is 4.74 Å². The zero-order chi connectivity index (χ0) is 11.8. The molecule has 0 amide bonds. The molecular weight excluding hydrogens is 212 g/mol. The Bertz CT molecular complexity index is 600. The van der Waals surface area contributed by atoms with E-state index in [4.69, 9.17) is 4.74 Å². The van der Waals surface area contributed by atoms with Crippen LogP contribution in [-0.2, 0) is 6.42 Å². The van der Waals surface area contributed by atoms with Crippen LogP contribution in [0.4, 0.5) is 0 Å². The van der Waals surface area contributed by atoms with Crippen molar-refractivity contribution in [1.29, 1.82) is 0 Å². The molecule has 2 heteroatoms. The second kappa shape index (κ2) is 3.74. The van der Waals surface area contributed by atoms with Gasteiger partial charge in [-0.2, -0.15) is 0 Å². The molecule has 0 spiro atoms. The number of ketones is 1. The van der Waals surface area contributed by atoms with Crippen molar-refractivity contribution in [2.45, 2.75) is 13.3 Å². The molecule has 0 bridgehead atoms. The molecule has 2 nitrogen and oxygen atoms in total.